The minimum Gasteiger partial charge on any atom is -0.390 e. The number of aliphatic hydroxyl groups is 1. The van der Waals surface area contributed by atoms with Gasteiger partial charge in [-0.05, 0) is 6.42 Å². The lowest BCUT2D eigenvalue weighted by atomic mass is 10.1. The van der Waals surface area contributed by atoms with Gasteiger partial charge in [-0.25, -0.2) is 4.79 Å². The Bertz CT molecular complexity index is 681. The van der Waals surface area contributed by atoms with Crippen LogP contribution in [0.1, 0.15) is 19.1 Å². The van der Waals surface area contributed by atoms with Crippen LogP contribution in [-0.4, -0.2) is 42.8 Å². The van der Waals surface area contributed by atoms with E-state index in [-0.39, 0.29) is 12.8 Å². The first kappa shape index (κ1) is 16.1. The SMILES string of the molecule is O=c1[nH]c(=O)n([C@H]2CC(O)[C@@H](CCP(=O)(O)O)O2)cc1F. The van der Waals surface area contributed by atoms with Gasteiger partial charge in [0.1, 0.15) is 6.23 Å². The van der Waals surface area contributed by atoms with Crippen molar-refractivity contribution in [3.63, 3.8) is 0 Å². The smallest absolute Gasteiger partial charge is 0.330 e. The van der Waals surface area contributed by atoms with Crippen LogP contribution in [0.2, 0.25) is 0 Å². The molecule has 21 heavy (non-hydrogen) atoms. The first-order valence-electron chi connectivity index (χ1n) is 6.06. The van der Waals surface area contributed by atoms with Gasteiger partial charge in [-0.2, -0.15) is 4.39 Å². The summed E-state index contributed by atoms with van der Waals surface area (Å²) < 4.78 is 30.1. The number of nitrogens with one attached hydrogen (secondary N) is 1. The second-order valence-electron chi connectivity index (χ2n) is 4.75. The van der Waals surface area contributed by atoms with Crippen LogP contribution >= 0.6 is 7.60 Å². The van der Waals surface area contributed by atoms with Crippen molar-refractivity contribution < 1.29 is 28.6 Å². The number of nitrogens with zero attached hydrogens (tertiary/aromatic N) is 1. The average Bonchev–Trinajstić information content (AvgIpc) is 2.72. The number of hydrogen-bond acceptors (Lipinski definition) is 5. The van der Waals surface area contributed by atoms with E-state index >= 15 is 0 Å². The van der Waals surface area contributed by atoms with Crippen molar-refractivity contribution in [2.45, 2.75) is 31.3 Å². The van der Waals surface area contributed by atoms with Crippen LogP contribution in [0.4, 0.5) is 4.39 Å². The molecule has 0 spiro atoms. The Hall–Kier alpha value is -1.32. The third kappa shape index (κ3) is 3.86. The Balaban J connectivity index is 2.14. The average molecular weight is 324 g/mol. The zero-order chi connectivity index (χ0) is 15.8. The van der Waals surface area contributed by atoms with Crippen molar-refractivity contribution in [2.24, 2.45) is 0 Å². The number of hydrogen-bond donors (Lipinski definition) is 4. The third-order valence-electron chi connectivity index (χ3n) is 3.14. The lowest BCUT2D eigenvalue weighted by molar-refractivity contribution is -0.0222. The van der Waals surface area contributed by atoms with E-state index in [2.05, 4.69) is 0 Å². The standard InChI is InChI=1S/C10H14FN2O7P/c11-5-4-13(10(16)12-9(5)15)8-3-6(14)7(20-8)1-2-21(17,18)19/h4,6-8,14H,1-3H2,(H,12,15,16)(H2,17,18,19)/t6?,7-,8-/m1/s1. The predicted molar refractivity (Wildman–Crippen MR) is 67.3 cm³/mol. The highest BCUT2D eigenvalue weighted by atomic mass is 31.2. The molecule has 0 saturated carbocycles. The second-order valence-corrected chi connectivity index (χ2v) is 6.53. The van der Waals surface area contributed by atoms with E-state index in [4.69, 9.17) is 14.5 Å². The fraction of sp³-hybridized carbons (Fsp3) is 0.600. The Labute approximate surface area is 117 Å². The molecule has 0 bridgehead atoms. The van der Waals surface area contributed by atoms with E-state index in [0.29, 0.717) is 6.20 Å². The van der Waals surface area contributed by atoms with Crippen molar-refractivity contribution in [3.05, 3.63) is 32.9 Å². The zero-order valence-corrected chi connectivity index (χ0v) is 11.6. The van der Waals surface area contributed by atoms with Gasteiger partial charge in [-0.15, -0.1) is 0 Å². The summed E-state index contributed by atoms with van der Waals surface area (Å²) in [4.78, 5) is 41.8. The van der Waals surface area contributed by atoms with Crippen LogP contribution < -0.4 is 11.2 Å². The van der Waals surface area contributed by atoms with Crippen molar-refractivity contribution in [2.75, 3.05) is 6.16 Å². The molecular weight excluding hydrogens is 310 g/mol. The molecule has 1 unspecified atom stereocenters. The number of aromatic nitrogens is 2. The lowest BCUT2D eigenvalue weighted by Gasteiger charge is -2.16. The Morgan fingerprint density at radius 1 is 1.48 bits per heavy atom. The van der Waals surface area contributed by atoms with Crippen LogP contribution in [0.3, 0.4) is 0 Å². The van der Waals surface area contributed by atoms with E-state index in [1.54, 1.807) is 4.98 Å². The van der Waals surface area contributed by atoms with E-state index in [9.17, 15) is 23.7 Å². The van der Waals surface area contributed by atoms with E-state index in [1.165, 1.54) is 0 Å². The molecule has 118 valence electrons. The lowest BCUT2D eigenvalue weighted by Crippen LogP contribution is -2.33. The predicted octanol–water partition coefficient (Wildman–Crippen LogP) is -1.11. The van der Waals surface area contributed by atoms with Gasteiger partial charge in [0.05, 0.1) is 24.6 Å². The fourth-order valence-corrected chi connectivity index (χ4v) is 2.71. The summed E-state index contributed by atoms with van der Waals surface area (Å²) >= 11 is 0. The number of aromatic amines is 1. The third-order valence-corrected chi connectivity index (χ3v) is 3.98. The quantitative estimate of drug-likeness (QED) is 0.515. The van der Waals surface area contributed by atoms with Gasteiger partial charge < -0.3 is 19.6 Å². The monoisotopic (exact) mass is 324 g/mol. The molecule has 1 aliphatic rings. The summed E-state index contributed by atoms with van der Waals surface area (Å²) in [5.41, 5.74) is -2.05. The van der Waals surface area contributed by atoms with Crippen LogP contribution in [0, 0.1) is 5.82 Å². The summed E-state index contributed by atoms with van der Waals surface area (Å²) in [7, 11) is -4.23. The molecule has 11 heteroatoms. The van der Waals surface area contributed by atoms with Gasteiger partial charge in [0.15, 0.2) is 0 Å². The zero-order valence-electron chi connectivity index (χ0n) is 10.7. The molecule has 1 saturated heterocycles. The van der Waals surface area contributed by atoms with Crippen LogP contribution in [0.25, 0.3) is 0 Å². The van der Waals surface area contributed by atoms with E-state index in [0.717, 1.165) is 4.57 Å². The van der Waals surface area contributed by atoms with Gasteiger partial charge in [0, 0.05) is 6.42 Å². The molecule has 9 nitrogen and oxygen atoms in total. The number of aliphatic hydroxyl groups excluding tert-OH is 1. The number of ether oxygens (including phenoxy) is 1. The maximum atomic E-state index is 13.2. The Morgan fingerprint density at radius 3 is 2.76 bits per heavy atom. The normalized spacial score (nSPS) is 26.2. The molecule has 0 radical (unpaired) electrons. The number of H-pyrrole nitrogens is 1. The van der Waals surface area contributed by atoms with Crippen molar-refractivity contribution in [1.29, 1.82) is 0 Å². The summed E-state index contributed by atoms with van der Waals surface area (Å²) in [5.74, 6) is -1.17. The van der Waals surface area contributed by atoms with Crippen molar-refractivity contribution in [3.8, 4) is 0 Å². The van der Waals surface area contributed by atoms with Gasteiger partial charge in [0.25, 0.3) is 5.56 Å². The van der Waals surface area contributed by atoms with Crippen LogP contribution in [0.15, 0.2) is 15.8 Å². The molecule has 1 aromatic rings. The molecule has 2 heterocycles. The van der Waals surface area contributed by atoms with Crippen LogP contribution in [0.5, 0.6) is 0 Å². The largest absolute Gasteiger partial charge is 0.390 e. The maximum absolute atomic E-state index is 13.2. The summed E-state index contributed by atoms with van der Waals surface area (Å²) in [5, 5.41) is 9.77. The van der Waals surface area contributed by atoms with E-state index in [1.807, 2.05) is 0 Å². The van der Waals surface area contributed by atoms with Gasteiger partial charge in [0.2, 0.25) is 5.82 Å². The Morgan fingerprint density at radius 2 is 2.14 bits per heavy atom. The van der Waals surface area contributed by atoms with Crippen LogP contribution in [-0.2, 0) is 9.30 Å². The van der Waals surface area contributed by atoms with Crippen molar-refractivity contribution >= 4 is 7.60 Å². The summed E-state index contributed by atoms with van der Waals surface area (Å²) in [6.45, 7) is 0. The maximum Gasteiger partial charge on any atom is 0.330 e. The summed E-state index contributed by atoms with van der Waals surface area (Å²) in [6.07, 6.45) is -2.92. The van der Waals surface area contributed by atoms with E-state index < -0.39 is 49.3 Å². The molecule has 0 aromatic carbocycles. The molecule has 0 amide bonds. The second kappa shape index (κ2) is 5.82. The molecule has 0 aliphatic carbocycles. The Kier molecular flexibility index (Phi) is 4.45. The first-order valence-corrected chi connectivity index (χ1v) is 7.86. The summed E-state index contributed by atoms with van der Waals surface area (Å²) in [6, 6.07) is 0. The molecule has 1 aromatic heterocycles. The highest BCUT2D eigenvalue weighted by Gasteiger charge is 2.36. The van der Waals surface area contributed by atoms with Gasteiger partial charge >= 0.3 is 13.3 Å². The van der Waals surface area contributed by atoms with Crippen molar-refractivity contribution in [1.82, 2.24) is 9.55 Å². The molecule has 1 aliphatic heterocycles. The fourth-order valence-electron chi connectivity index (χ4n) is 2.12. The van der Waals surface area contributed by atoms with Gasteiger partial charge in [-0.3, -0.25) is 18.9 Å². The highest BCUT2D eigenvalue weighted by Crippen LogP contribution is 2.38. The molecule has 1 fully saturated rings. The van der Waals surface area contributed by atoms with Gasteiger partial charge in [-0.1, -0.05) is 0 Å². The molecular formula is C10H14FN2O7P. The highest BCUT2D eigenvalue weighted by molar-refractivity contribution is 7.51. The molecule has 4 N–H and O–H groups in total. The topological polar surface area (TPSA) is 142 Å². The number of rotatable bonds is 4. The molecule has 2 rings (SSSR count). The first-order chi connectivity index (χ1) is 9.67. The minimum absolute atomic E-state index is 0.0583. The molecule has 3 atom stereocenters. The minimum atomic E-state index is -4.23. The number of halogens is 1.